The van der Waals surface area contributed by atoms with Gasteiger partial charge in [0.15, 0.2) is 0 Å². The Hall–Kier alpha value is -2.75. The molecule has 0 N–H and O–H groups in total. The van der Waals surface area contributed by atoms with Crippen LogP contribution in [0.15, 0.2) is 67.3 Å². The molecule has 4 heteroatoms. The molecule has 3 aromatic rings. The van der Waals surface area contributed by atoms with Gasteiger partial charge >= 0.3 is 0 Å². The minimum atomic E-state index is 0.635. The second-order valence-corrected chi connectivity index (χ2v) is 4.90. The zero-order valence-electron chi connectivity index (χ0n) is 12.2. The first-order valence-corrected chi connectivity index (χ1v) is 7.31. The van der Waals surface area contributed by atoms with Crippen LogP contribution in [0.4, 0.5) is 0 Å². The van der Waals surface area contributed by atoms with E-state index in [1.165, 1.54) is 0 Å². The lowest BCUT2D eigenvalue weighted by Gasteiger charge is -2.06. The van der Waals surface area contributed by atoms with E-state index in [2.05, 4.69) is 15.0 Å². The highest BCUT2D eigenvalue weighted by Gasteiger charge is 2.00. The van der Waals surface area contributed by atoms with Crippen molar-refractivity contribution in [1.82, 2.24) is 15.0 Å². The largest absolute Gasteiger partial charge is 0.478 e. The van der Waals surface area contributed by atoms with Crippen LogP contribution < -0.4 is 4.74 Å². The molecular weight excluding hydrogens is 274 g/mol. The van der Waals surface area contributed by atoms with E-state index in [0.29, 0.717) is 12.5 Å². The van der Waals surface area contributed by atoms with Gasteiger partial charge in [0.2, 0.25) is 5.88 Å². The molecule has 3 aromatic heterocycles. The molecule has 0 radical (unpaired) electrons. The maximum atomic E-state index is 5.66. The fourth-order valence-electron chi connectivity index (χ4n) is 2.15. The van der Waals surface area contributed by atoms with Crippen molar-refractivity contribution < 1.29 is 4.74 Å². The monoisotopic (exact) mass is 291 g/mol. The van der Waals surface area contributed by atoms with Crippen LogP contribution in [0.5, 0.6) is 5.88 Å². The summed E-state index contributed by atoms with van der Waals surface area (Å²) in [5.41, 5.74) is 3.18. The summed E-state index contributed by atoms with van der Waals surface area (Å²) >= 11 is 0. The fourth-order valence-corrected chi connectivity index (χ4v) is 2.15. The summed E-state index contributed by atoms with van der Waals surface area (Å²) in [4.78, 5) is 12.7. The fraction of sp³-hybridized carbons (Fsp3) is 0.167. The molecule has 22 heavy (non-hydrogen) atoms. The molecule has 0 aliphatic carbocycles. The molecular formula is C18H17N3O. The molecule has 110 valence electrons. The van der Waals surface area contributed by atoms with Crippen molar-refractivity contribution in [1.29, 1.82) is 0 Å². The molecule has 0 amide bonds. The second kappa shape index (κ2) is 7.31. The molecule has 0 saturated heterocycles. The average Bonchev–Trinajstić information content (AvgIpc) is 2.61. The van der Waals surface area contributed by atoms with Crippen LogP contribution in [0.2, 0.25) is 0 Å². The molecule has 0 saturated carbocycles. The highest BCUT2D eigenvalue weighted by molar-refractivity contribution is 5.61. The van der Waals surface area contributed by atoms with Gasteiger partial charge in [-0.2, -0.15) is 0 Å². The highest BCUT2D eigenvalue weighted by Crippen LogP contribution is 2.19. The summed E-state index contributed by atoms with van der Waals surface area (Å²) in [5, 5.41) is 0. The van der Waals surface area contributed by atoms with E-state index < -0.39 is 0 Å². The lowest BCUT2D eigenvalue weighted by molar-refractivity contribution is 0.299. The van der Waals surface area contributed by atoms with E-state index in [4.69, 9.17) is 4.74 Å². The summed E-state index contributed by atoms with van der Waals surface area (Å²) in [6.45, 7) is 0.635. The van der Waals surface area contributed by atoms with Crippen molar-refractivity contribution in [3.05, 3.63) is 72.9 Å². The molecule has 0 atom stereocenters. The van der Waals surface area contributed by atoms with Crippen LogP contribution >= 0.6 is 0 Å². The maximum Gasteiger partial charge on any atom is 0.213 e. The first-order valence-electron chi connectivity index (χ1n) is 7.31. The van der Waals surface area contributed by atoms with E-state index in [1.807, 2.05) is 61.1 Å². The van der Waals surface area contributed by atoms with Crippen LogP contribution in [0.1, 0.15) is 12.1 Å². The van der Waals surface area contributed by atoms with Gasteiger partial charge in [-0.25, -0.2) is 4.98 Å². The Morgan fingerprint density at radius 1 is 0.818 bits per heavy atom. The molecule has 3 heterocycles. The zero-order valence-corrected chi connectivity index (χ0v) is 12.2. The lowest BCUT2D eigenvalue weighted by atomic mass is 10.1. The number of rotatable bonds is 6. The Morgan fingerprint density at radius 2 is 1.77 bits per heavy atom. The van der Waals surface area contributed by atoms with Gasteiger partial charge in [0.25, 0.3) is 0 Å². The van der Waals surface area contributed by atoms with Crippen molar-refractivity contribution in [3.8, 4) is 17.0 Å². The van der Waals surface area contributed by atoms with Crippen LogP contribution in [-0.2, 0) is 6.42 Å². The molecule has 0 aromatic carbocycles. The Balaban J connectivity index is 1.49. The number of aryl methyl sites for hydroxylation is 1. The first kappa shape index (κ1) is 14.2. The van der Waals surface area contributed by atoms with Gasteiger partial charge in [-0.05, 0) is 37.1 Å². The van der Waals surface area contributed by atoms with Crippen molar-refractivity contribution in [2.45, 2.75) is 12.8 Å². The number of hydrogen-bond acceptors (Lipinski definition) is 4. The standard InChI is InChI=1S/C18H17N3O/c1-2-11-20-17(6-1)7-4-12-22-18-9-8-16(14-21-18)15-5-3-10-19-13-15/h1-3,5-6,8-11,13-14H,4,7,12H2. The average molecular weight is 291 g/mol. The minimum absolute atomic E-state index is 0.635. The first-order chi connectivity index (χ1) is 10.9. The maximum absolute atomic E-state index is 5.66. The van der Waals surface area contributed by atoms with E-state index in [0.717, 1.165) is 29.7 Å². The third-order valence-corrected chi connectivity index (χ3v) is 3.28. The van der Waals surface area contributed by atoms with Crippen LogP contribution in [0.25, 0.3) is 11.1 Å². The summed E-state index contributed by atoms with van der Waals surface area (Å²) < 4.78 is 5.66. The zero-order chi connectivity index (χ0) is 15.0. The SMILES string of the molecule is c1ccc(CCCOc2ccc(-c3cccnc3)cn2)nc1. The Kier molecular flexibility index (Phi) is 4.72. The van der Waals surface area contributed by atoms with E-state index in [9.17, 15) is 0 Å². The predicted octanol–water partition coefficient (Wildman–Crippen LogP) is 3.55. The van der Waals surface area contributed by atoms with Gasteiger partial charge in [-0.3, -0.25) is 9.97 Å². The van der Waals surface area contributed by atoms with Crippen LogP contribution in [-0.4, -0.2) is 21.6 Å². The summed E-state index contributed by atoms with van der Waals surface area (Å²) in [6, 6.07) is 13.8. The molecule has 3 rings (SSSR count). The summed E-state index contributed by atoms with van der Waals surface area (Å²) in [6.07, 6.45) is 9.04. The minimum Gasteiger partial charge on any atom is -0.478 e. The molecule has 0 spiro atoms. The van der Waals surface area contributed by atoms with Crippen molar-refractivity contribution in [2.75, 3.05) is 6.61 Å². The van der Waals surface area contributed by atoms with Gasteiger partial charge in [0.1, 0.15) is 0 Å². The summed E-state index contributed by atoms with van der Waals surface area (Å²) in [7, 11) is 0. The molecule has 4 nitrogen and oxygen atoms in total. The Bertz CT molecular complexity index is 685. The number of nitrogens with zero attached hydrogens (tertiary/aromatic N) is 3. The van der Waals surface area contributed by atoms with Crippen LogP contribution in [0, 0.1) is 0 Å². The van der Waals surface area contributed by atoms with Gasteiger partial charge in [0, 0.05) is 47.7 Å². The summed E-state index contributed by atoms with van der Waals surface area (Å²) in [5.74, 6) is 0.647. The molecule has 0 fully saturated rings. The number of aromatic nitrogens is 3. The number of hydrogen-bond donors (Lipinski definition) is 0. The highest BCUT2D eigenvalue weighted by atomic mass is 16.5. The quantitative estimate of drug-likeness (QED) is 0.652. The van der Waals surface area contributed by atoms with Gasteiger partial charge < -0.3 is 4.74 Å². The molecule has 0 unspecified atom stereocenters. The van der Waals surface area contributed by atoms with Gasteiger partial charge in [-0.15, -0.1) is 0 Å². The van der Waals surface area contributed by atoms with Crippen LogP contribution in [0.3, 0.4) is 0 Å². The lowest BCUT2D eigenvalue weighted by Crippen LogP contribution is -2.01. The van der Waals surface area contributed by atoms with E-state index >= 15 is 0 Å². The second-order valence-electron chi connectivity index (χ2n) is 4.90. The molecule has 0 aliphatic rings. The van der Waals surface area contributed by atoms with E-state index in [1.54, 1.807) is 6.20 Å². The topological polar surface area (TPSA) is 47.9 Å². The van der Waals surface area contributed by atoms with Gasteiger partial charge in [-0.1, -0.05) is 12.1 Å². The van der Waals surface area contributed by atoms with Gasteiger partial charge in [0.05, 0.1) is 6.61 Å². The number of ether oxygens (including phenoxy) is 1. The molecule has 0 bridgehead atoms. The third-order valence-electron chi connectivity index (χ3n) is 3.28. The molecule has 0 aliphatic heterocycles. The third kappa shape index (κ3) is 3.88. The normalized spacial score (nSPS) is 10.4. The van der Waals surface area contributed by atoms with Crippen molar-refractivity contribution >= 4 is 0 Å². The van der Waals surface area contributed by atoms with Crippen molar-refractivity contribution in [3.63, 3.8) is 0 Å². The van der Waals surface area contributed by atoms with Crippen molar-refractivity contribution in [2.24, 2.45) is 0 Å². The Labute approximate surface area is 129 Å². The smallest absolute Gasteiger partial charge is 0.213 e. The predicted molar refractivity (Wildman–Crippen MR) is 85.5 cm³/mol. The van der Waals surface area contributed by atoms with E-state index in [-0.39, 0.29) is 0 Å². The number of pyridine rings is 3. The Morgan fingerprint density at radius 3 is 2.50 bits per heavy atom.